The molecule has 3 aromatic carbocycles. The van der Waals surface area contributed by atoms with E-state index in [1.807, 2.05) is 29.3 Å². The average molecular weight is 345 g/mol. The van der Waals surface area contributed by atoms with Gasteiger partial charge in [0.05, 0.1) is 24.4 Å². The van der Waals surface area contributed by atoms with Gasteiger partial charge in [0.2, 0.25) is 0 Å². The number of anilines is 1. The first-order chi connectivity index (χ1) is 12.8. The first-order valence-corrected chi connectivity index (χ1v) is 8.69. The molecule has 4 rings (SSSR count). The van der Waals surface area contributed by atoms with E-state index in [0.717, 1.165) is 5.69 Å². The lowest BCUT2D eigenvalue weighted by molar-refractivity contribution is 0.0526. The number of carbonyl (C=O) groups excluding carboxylic acids is 1. The number of nitrogens with zero attached hydrogens (tertiary/aromatic N) is 3. The van der Waals surface area contributed by atoms with Crippen molar-refractivity contribution in [3.05, 3.63) is 77.9 Å². The van der Waals surface area contributed by atoms with Crippen LogP contribution in [0.3, 0.4) is 0 Å². The van der Waals surface area contributed by atoms with Gasteiger partial charge in [0.15, 0.2) is 0 Å². The number of hydrogen-bond donors (Lipinski definition) is 0. The van der Waals surface area contributed by atoms with Crippen molar-refractivity contribution in [1.29, 1.82) is 0 Å². The molecule has 130 valence electrons. The number of ether oxygens (including phenoxy) is 1. The van der Waals surface area contributed by atoms with Crippen LogP contribution in [-0.2, 0) is 4.74 Å². The number of fused-ring (bicyclic) bond motifs is 1. The molecule has 0 saturated heterocycles. The predicted molar refractivity (Wildman–Crippen MR) is 101 cm³/mol. The van der Waals surface area contributed by atoms with E-state index in [1.165, 1.54) is 16.3 Å². The molecule has 0 unspecified atom stereocenters. The molecular weight excluding hydrogens is 326 g/mol. The first-order valence-electron chi connectivity index (χ1n) is 8.69. The van der Waals surface area contributed by atoms with Gasteiger partial charge in [0, 0.05) is 0 Å². The van der Waals surface area contributed by atoms with Gasteiger partial charge in [-0.2, -0.15) is 5.11 Å². The highest BCUT2D eigenvalue weighted by atomic mass is 16.5. The van der Waals surface area contributed by atoms with Crippen LogP contribution < -0.4 is 5.01 Å². The van der Waals surface area contributed by atoms with Crippen LogP contribution in [-0.4, -0.2) is 19.1 Å². The van der Waals surface area contributed by atoms with Gasteiger partial charge in [0.1, 0.15) is 6.04 Å². The zero-order chi connectivity index (χ0) is 17.9. The molecule has 0 aliphatic carbocycles. The highest BCUT2D eigenvalue weighted by Gasteiger charge is 2.27. The summed E-state index contributed by atoms with van der Waals surface area (Å²) < 4.78 is 5.04. The summed E-state index contributed by atoms with van der Waals surface area (Å²) in [6, 6.07) is 22.0. The fourth-order valence-corrected chi connectivity index (χ4v) is 3.29. The minimum absolute atomic E-state index is 0.0366. The lowest BCUT2D eigenvalue weighted by Gasteiger charge is -2.23. The maximum absolute atomic E-state index is 11.8. The monoisotopic (exact) mass is 345 g/mol. The summed E-state index contributed by atoms with van der Waals surface area (Å²) in [5.41, 5.74) is 2.63. The van der Waals surface area contributed by atoms with E-state index in [1.54, 1.807) is 19.1 Å². The minimum Gasteiger partial charge on any atom is -0.462 e. The lowest BCUT2D eigenvalue weighted by Crippen LogP contribution is -2.21. The molecule has 5 heteroatoms. The second-order valence-corrected chi connectivity index (χ2v) is 6.11. The van der Waals surface area contributed by atoms with Crippen molar-refractivity contribution in [3.8, 4) is 0 Å². The van der Waals surface area contributed by atoms with Crippen LogP contribution in [0, 0.1) is 0 Å². The first kappa shape index (κ1) is 16.3. The van der Waals surface area contributed by atoms with Gasteiger partial charge >= 0.3 is 5.97 Å². The van der Waals surface area contributed by atoms with Crippen LogP contribution in [0.4, 0.5) is 5.69 Å². The van der Waals surface area contributed by atoms with Crippen molar-refractivity contribution in [2.75, 3.05) is 18.2 Å². The summed E-state index contributed by atoms with van der Waals surface area (Å²) in [6.45, 7) is 2.77. The van der Waals surface area contributed by atoms with Gasteiger partial charge in [-0.05, 0) is 47.5 Å². The molecule has 0 aromatic heterocycles. The fourth-order valence-electron chi connectivity index (χ4n) is 3.29. The zero-order valence-corrected chi connectivity index (χ0v) is 14.5. The second kappa shape index (κ2) is 6.96. The van der Waals surface area contributed by atoms with Crippen LogP contribution in [0.1, 0.15) is 28.9 Å². The molecule has 0 N–H and O–H groups in total. The normalized spacial score (nSPS) is 16.2. The van der Waals surface area contributed by atoms with Crippen LogP contribution >= 0.6 is 0 Å². The molecule has 0 radical (unpaired) electrons. The Balaban J connectivity index is 1.66. The summed E-state index contributed by atoms with van der Waals surface area (Å²) in [5.74, 6) is -0.312. The molecule has 1 aliphatic rings. The third-order valence-electron chi connectivity index (χ3n) is 4.53. The number of benzene rings is 3. The highest BCUT2D eigenvalue weighted by molar-refractivity contribution is 5.90. The number of carbonyl (C=O) groups is 1. The van der Waals surface area contributed by atoms with E-state index < -0.39 is 0 Å². The topological polar surface area (TPSA) is 54.3 Å². The van der Waals surface area contributed by atoms with Crippen LogP contribution in [0.5, 0.6) is 0 Å². The molecule has 1 heterocycles. The van der Waals surface area contributed by atoms with Crippen molar-refractivity contribution in [1.82, 2.24) is 0 Å². The van der Waals surface area contributed by atoms with Crippen molar-refractivity contribution < 1.29 is 9.53 Å². The van der Waals surface area contributed by atoms with Crippen molar-refractivity contribution >= 4 is 22.4 Å². The fraction of sp³-hybridized carbons (Fsp3) is 0.190. The van der Waals surface area contributed by atoms with Crippen molar-refractivity contribution in [3.63, 3.8) is 0 Å². The number of rotatable bonds is 4. The molecule has 3 aromatic rings. The standard InChI is InChI=1S/C21H19N3O2/c1-2-26-21(25)16-10-12-17(13-11-16)24-20(14-22-23-24)19-9-5-7-15-6-3-4-8-18(15)19/h3-13,20H,2,14H2,1H3/t20-/m1/s1. The molecule has 26 heavy (non-hydrogen) atoms. The van der Waals surface area contributed by atoms with Crippen LogP contribution in [0.2, 0.25) is 0 Å². The van der Waals surface area contributed by atoms with Gasteiger partial charge < -0.3 is 4.74 Å². The molecule has 0 saturated carbocycles. The zero-order valence-electron chi connectivity index (χ0n) is 14.5. The van der Waals surface area contributed by atoms with Gasteiger partial charge in [-0.1, -0.05) is 47.7 Å². The SMILES string of the molecule is CCOC(=O)c1ccc(N2N=NC[C@@H]2c2cccc3ccccc23)cc1. The third kappa shape index (κ3) is 2.92. The Kier molecular flexibility index (Phi) is 4.35. The maximum Gasteiger partial charge on any atom is 0.338 e. The molecule has 0 spiro atoms. The third-order valence-corrected chi connectivity index (χ3v) is 4.53. The number of esters is 1. The summed E-state index contributed by atoms with van der Waals surface area (Å²) >= 11 is 0. The van der Waals surface area contributed by atoms with Gasteiger partial charge in [-0.15, -0.1) is 0 Å². The van der Waals surface area contributed by atoms with E-state index >= 15 is 0 Å². The average Bonchev–Trinajstić information content (AvgIpc) is 3.17. The molecule has 0 bridgehead atoms. The van der Waals surface area contributed by atoms with E-state index in [2.05, 4.69) is 40.7 Å². The largest absolute Gasteiger partial charge is 0.462 e. The van der Waals surface area contributed by atoms with Gasteiger partial charge in [-0.25, -0.2) is 9.80 Å². The Labute approximate surface area is 151 Å². The van der Waals surface area contributed by atoms with E-state index in [9.17, 15) is 4.79 Å². The Morgan fingerprint density at radius 1 is 1.08 bits per heavy atom. The van der Waals surface area contributed by atoms with Crippen molar-refractivity contribution in [2.24, 2.45) is 10.3 Å². The predicted octanol–water partition coefficient (Wildman–Crippen LogP) is 4.95. The van der Waals surface area contributed by atoms with E-state index in [-0.39, 0.29) is 12.0 Å². The van der Waals surface area contributed by atoms with E-state index in [0.29, 0.717) is 18.7 Å². The van der Waals surface area contributed by atoms with E-state index in [4.69, 9.17) is 4.74 Å². The maximum atomic E-state index is 11.8. The smallest absolute Gasteiger partial charge is 0.338 e. The Morgan fingerprint density at radius 2 is 1.85 bits per heavy atom. The highest BCUT2D eigenvalue weighted by Crippen LogP contribution is 2.35. The summed E-state index contributed by atoms with van der Waals surface area (Å²) in [4.78, 5) is 11.8. The lowest BCUT2D eigenvalue weighted by atomic mass is 9.98. The molecule has 0 fully saturated rings. The summed E-state index contributed by atoms with van der Waals surface area (Å²) in [6.07, 6.45) is 0. The Hall–Kier alpha value is -3.21. The quantitative estimate of drug-likeness (QED) is 0.629. The molecule has 0 amide bonds. The second-order valence-electron chi connectivity index (χ2n) is 6.11. The van der Waals surface area contributed by atoms with Gasteiger partial charge in [-0.3, -0.25) is 0 Å². The van der Waals surface area contributed by atoms with Crippen LogP contribution in [0.25, 0.3) is 10.8 Å². The van der Waals surface area contributed by atoms with Crippen molar-refractivity contribution in [2.45, 2.75) is 13.0 Å². The Morgan fingerprint density at radius 3 is 2.65 bits per heavy atom. The summed E-state index contributed by atoms with van der Waals surface area (Å²) in [7, 11) is 0. The molecule has 5 nitrogen and oxygen atoms in total. The Bertz CT molecular complexity index is 961. The minimum atomic E-state index is -0.312. The number of hydrogen-bond acceptors (Lipinski definition) is 5. The summed E-state index contributed by atoms with van der Waals surface area (Å²) in [5, 5.41) is 12.9. The molecule has 1 atom stereocenters. The van der Waals surface area contributed by atoms with Gasteiger partial charge in [0.25, 0.3) is 0 Å². The molecular formula is C21H19N3O2. The van der Waals surface area contributed by atoms with Crippen LogP contribution in [0.15, 0.2) is 77.1 Å². The molecule has 1 aliphatic heterocycles.